The second-order valence-electron chi connectivity index (χ2n) is 5.72. The van der Waals surface area contributed by atoms with Gasteiger partial charge in [-0.05, 0) is 16.7 Å². The fourth-order valence-electron chi connectivity index (χ4n) is 3.39. The Morgan fingerprint density at radius 3 is 1.42 bits per heavy atom. The Hall–Kier alpha value is -2.91. The Morgan fingerprint density at radius 1 is 0.667 bits per heavy atom. The van der Waals surface area contributed by atoms with Gasteiger partial charge in [-0.3, -0.25) is 0 Å². The second-order valence-corrected chi connectivity index (χ2v) is 5.72. The Bertz CT molecular complexity index is 712. The lowest BCUT2D eigenvalue weighted by Gasteiger charge is -2.40. The van der Waals surface area contributed by atoms with Crippen LogP contribution in [-0.2, 0) is 10.4 Å². The van der Waals surface area contributed by atoms with Gasteiger partial charge in [0.1, 0.15) is 12.2 Å². The fraction of sp³-hybridized carbons (Fsp3) is 0.0952. The molecule has 3 heteroatoms. The predicted octanol–water partition coefficient (Wildman–Crippen LogP) is 4.21. The summed E-state index contributed by atoms with van der Waals surface area (Å²) in [5.41, 5.74) is 2.88. The standard InChI is InChI=1S/C21H18N2O/c1-4-10-18(11-5-1)21(23-16-22-17-24-23,19-12-6-2-7-13-19)20-14-8-3-9-15-20/h1-15,17H,16H2. The van der Waals surface area contributed by atoms with Crippen LogP contribution < -0.4 is 0 Å². The molecule has 1 aliphatic rings. The normalized spacial score (nSPS) is 14.5. The van der Waals surface area contributed by atoms with Crippen LogP contribution in [0.3, 0.4) is 0 Å². The molecule has 0 aromatic heterocycles. The predicted molar refractivity (Wildman–Crippen MR) is 95.5 cm³/mol. The van der Waals surface area contributed by atoms with E-state index in [4.69, 9.17) is 4.84 Å². The third-order valence-electron chi connectivity index (χ3n) is 4.41. The van der Waals surface area contributed by atoms with Crippen LogP contribution in [0.15, 0.2) is 96.0 Å². The first kappa shape index (κ1) is 14.7. The number of hydrogen-bond donors (Lipinski definition) is 0. The van der Waals surface area contributed by atoms with Gasteiger partial charge in [-0.15, -0.1) is 5.06 Å². The maximum absolute atomic E-state index is 5.82. The van der Waals surface area contributed by atoms with Crippen LogP contribution in [0.2, 0.25) is 0 Å². The van der Waals surface area contributed by atoms with Gasteiger partial charge in [0.05, 0.1) is 0 Å². The molecule has 0 atom stereocenters. The van der Waals surface area contributed by atoms with Crippen LogP contribution in [0.5, 0.6) is 0 Å². The van der Waals surface area contributed by atoms with E-state index in [1.54, 1.807) is 0 Å². The van der Waals surface area contributed by atoms with Crippen molar-refractivity contribution < 1.29 is 4.84 Å². The zero-order valence-electron chi connectivity index (χ0n) is 13.2. The molecule has 0 bridgehead atoms. The molecule has 0 fully saturated rings. The van der Waals surface area contributed by atoms with E-state index in [2.05, 4.69) is 77.8 Å². The maximum atomic E-state index is 5.82. The highest BCUT2D eigenvalue weighted by Gasteiger charge is 2.44. The molecule has 0 unspecified atom stereocenters. The second kappa shape index (κ2) is 6.30. The molecular weight excluding hydrogens is 296 g/mol. The van der Waals surface area contributed by atoms with Crippen LogP contribution in [0.4, 0.5) is 0 Å². The topological polar surface area (TPSA) is 24.8 Å². The molecule has 0 saturated carbocycles. The number of hydrogen-bond acceptors (Lipinski definition) is 3. The van der Waals surface area contributed by atoms with Crippen molar-refractivity contribution in [3.63, 3.8) is 0 Å². The van der Waals surface area contributed by atoms with E-state index in [1.807, 2.05) is 23.3 Å². The SMILES string of the molecule is C1=NCN(C(c2ccccc2)(c2ccccc2)c2ccccc2)O1. The van der Waals surface area contributed by atoms with E-state index in [0.29, 0.717) is 6.67 Å². The monoisotopic (exact) mass is 314 g/mol. The van der Waals surface area contributed by atoms with Crippen molar-refractivity contribution in [2.24, 2.45) is 4.99 Å². The lowest BCUT2D eigenvalue weighted by atomic mass is 9.77. The van der Waals surface area contributed by atoms with Crippen molar-refractivity contribution in [1.29, 1.82) is 0 Å². The van der Waals surface area contributed by atoms with Gasteiger partial charge in [0.2, 0.25) is 0 Å². The first-order chi connectivity index (χ1) is 11.9. The lowest BCUT2D eigenvalue weighted by molar-refractivity contribution is -0.106. The highest BCUT2D eigenvalue weighted by molar-refractivity contribution is 5.53. The van der Waals surface area contributed by atoms with Crippen molar-refractivity contribution >= 4 is 6.40 Å². The fourth-order valence-corrected chi connectivity index (χ4v) is 3.39. The molecule has 0 spiro atoms. The molecule has 3 aromatic carbocycles. The van der Waals surface area contributed by atoms with Gasteiger partial charge in [0.15, 0.2) is 6.40 Å². The van der Waals surface area contributed by atoms with Crippen molar-refractivity contribution in [2.45, 2.75) is 5.54 Å². The summed E-state index contributed by atoms with van der Waals surface area (Å²) in [7, 11) is 0. The first-order valence-electron chi connectivity index (χ1n) is 8.01. The summed E-state index contributed by atoms with van der Waals surface area (Å²) < 4.78 is 0. The average Bonchev–Trinajstić information content (AvgIpc) is 3.20. The molecule has 0 amide bonds. The van der Waals surface area contributed by atoms with Gasteiger partial charge in [0, 0.05) is 0 Å². The number of nitrogens with zero attached hydrogens (tertiary/aromatic N) is 2. The van der Waals surface area contributed by atoms with E-state index in [9.17, 15) is 0 Å². The summed E-state index contributed by atoms with van der Waals surface area (Å²) in [6.07, 6.45) is 1.52. The molecule has 3 aromatic rings. The first-order valence-corrected chi connectivity index (χ1v) is 8.01. The summed E-state index contributed by atoms with van der Waals surface area (Å²) in [5, 5.41) is 1.94. The van der Waals surface area contributed by atoms with Crippen LogP contribution in [-0.4, -0.2) is 18.1 Å². The minimum Gasteiger partial charge on any atom is -0.391 e. The van der Waals surface area contributed by atoms with Crippen molar-refractivity contribution in [3.8, 4) is 0 Å². The molecular formula is C21H18N2O. The Balaban J connectivity index is 2.03. The van der Waals surface area contributed by atoms with Crippen LogP contribution in [0, 0.1) is 0 Å². The zero-order chi connectivity index (χ0) is 16.2. The van der Waals surface area contributed by atoms with Gasteiger partial charge >= 0.3 is 0 Å². The van der Waals surface area contributed by atoms with E-state index < -0.39 is 5.54 Å². The van der Waals surface area contributed by atoms with E-state index in [0.717, 1.165) is 16.7 Å². The quantitative estimate of drug-likeness (QED) is 0.674. The highest BCUT2D eigenvalue weighted by atomic mass is 16.7. The van der Waals surface area contributed by atoms with Gasteiger partial charge < -0.3 is 4.84 Å². The third-order valence-corrected chi connectivity index (χ3v) is 4.41. The number of hydroxylamine groups is 2. The Labute approximate surface area is 141 Å². The molecule has 0 N–H and O–H groups in total. The molecule has 1 aliphatic heterocycles. The van der Waals surface area contributed by atoms with Crippen molar-refractivity contribution in [3.05, 3.63) is 108 Å². The summed E-state index contributed by atoms with van der Waals surface area (Å²) in [6, 6.07) is 31.3. The number of aliphatic imine (C=N–C) groups is 1. The Kier molecular flexibility index (Phi) is 3.85. The molecule has 0 saturated heterocycles. The molecule has 3 nitrogen and oxygen atoms in total. The summed E-state index contributed by atoms with van der Waals surface area (Å²) in [4.78, 5) is 10.1. The highest BCUT2D eigenvalue weighted by Crippen LogP contribution is 2.42. The Morgan fingerprint density at radius 2 is 1.08 bits per heavy atom. The largest absolute Gasteiger partial charge is 0.391 e. The minimum absolute atomic E-state index is 0.485. The van der Waals surface area contributed by atoms with Crippen molar-refractivity contribution in [1.82, 2.24) is 5.06 Å². The van der Waals surface area contributed by atoms with Crippen LogP contribution in [0.1, 0.15) is 16.7 Å². The van der Waals surface area contributed by atoms with Crippen molar-refractivity contribution in [2.75, 3.05) is 6.67 Å². The lowest BCUT2D eigenvalue weighted by Crippen LogP contribution is -2.46. The van der Waals surface area contributed by atoms with Gasteiger partial charge in [-0.2, -0.15) is 0 Å². The molecule has 0 aliphatic carbocycles. The number of rotatable bonds is 4. The van der Waals surface area contributed by atoms with Crippen LogP contribution in [0.25, 0.3) is 0 Å². The van der Waals surface area contributed by atoms with Gasteiger partial charge in [-0.25, -0.2) is 4.99 Å². The third kappa shape index (κ3) is 2.30. The van der Waals surface area contributed by atoms with E-state index >= 15 is 0 Å². The molecule has 118 valence electrons. The number of benzene rings is 3. The summed E-state index contributed by atoms with van der Waals surface area (Å²) in [5.74, 6) is 0. The van der Waals surface area contributed by atoms with Crippen LogP contribution >= 0.6 is 0 Å². The average molecular weight is 314 g/mol. The van der Waals surface area contributed by atoms with Gasteiger partial charge in [-0.1, -0.05) is 91.0 Å². The smallest absolute Gasteiger partial charge is 0.198 e. The van der Waals surface area contributed by atoms with E-state index in [-0.39, 0.29) is 0 Å². The molecule has 1 heterocycles. The summed E-state index contributed by atoms with van der Waals surface area (Å²) >= 11 is 0. The maximum Gasteiger partial charge on any atom is 0.198 e. The zero-order valence-corrected chi connectivity index (χ0v) is 13.2. The van der Waals surface area contributed by atoms with Gasteiger partial charge in [0.25, 0.3) is 0 Å². The molecule has 0 radical (unpaired) electrons. The summed E-state index contributed by atoms with van der Waals surface area (Å²) in [6.45, 7) is 0.485. The minimum atomic E-state index is -0.555. The van der Waals surface area contributed by atoms with E-state index in [1.165, 1.54) is 6.40 Å². The molecule has 24 heavy (non-hydrogen) atoms. The molecule has 4 rings (SSSR count).